The number of carbonyl (C=O) groups excluding carboxylic acids is 2. The maximum atomic E-state index is 12.7. The van der Waals surface area contributed by atoms with Gasteiger partial charge in [-0.05, 0) is 31.6 Å². The van der Waals surface area contributed by atoms with E-state index in [1.807, 2.05) is 4.90 Å². The van der Waals surface area contributed by atoms with Crippen LogP contribution in [0.25, 0.3) is 0 Å². The molecule has 0 aliphatic carbocycles. The van der Waals surface area contributed by atoms with Crippen molar-refractivity contribution < 1.29 is 14.3 Å². The molecule has 1 N–H and O–H groups in total. The minimum Gasteiger partial charge on any atom is -0.378 e. The highest BCUT2D eigenvalue weighted by atomic mass is 16.5. The molecule has 0 aromatic carbocycles. The van der Waals surface area contributed by atoms with Crippen molar-refractivity contribution in [1.29, 1.82) is 0 Å². The molecule has 0 aromatic rings. The summed E-state index contributed by atoms with van der Waals surface area (Å²) in [4.78, 5) is 29.1. The normalized spacial score (nSPS) is 29.5. The van der Waals surface area contributed by atoms with Crippen LogP contribution in [0.1, 0.15) is 39.0 Å². The van der Waals surface area contributed by atoms with E-state index in [9.17, 15) is 9.59 Å². The quantitative estimate of drug-likeness (QED) is 0.830. The maximum Gasteiger partial charge on any atom is 0.225 e. The number of piperidine rings is 2. The van der Waals surface area contributed by atoms with Crippen molar-refractivity contribution in [1.82, 2.24) is 15.1 Å². The first-order chi connectivity index (χ1) is 11.6. The molecule has 3 rings (SSSR count). The molecule has 3 aliphatic heterocycles. The Bertz CT molecular complexity index is 443. The van der Waals surface area contributed by atoms with Gasteiger partial charge in [0, 0.05) is 51.1 Å². The Morgan fingerprint density at radius 2 is 1.92 bits per heavy atom. The minimum absolute atomic E-state index is 0.107. The van der Waals surface area contributed by atoms with Gasteiger partial charge in [0.15, 0.2) is 0 Å². The molecule has 6 nitrogen and oxygen atoms in total. The van der Waals surface area contributed by atoms with Gasteiger partial charge in [-0.2, -0.15) is 0 Å². The standard InChI is InChI=1S/C18H31N3O3/c1-14-3-2-7-21(12-14)18(23)15-4-8-20(9-5-15)17(22)11-16-13-24-10-6-19-16/h14-16,19H,2-13H2,1H3. The molecule has 3 fully saturated rings. The van der Waals surface area contributed by atoms with Crippen LogP contribution in [0.2, 0.25) is 0 Å². The van der Waals surface area contributed by atoms with Gasteiger partial charge >= 0.3 is 0 Å². The highest BCUT2D eigenvalue weighted by molar-refractivity contribution is 5.80. The number of likely N-dealkylation sites (tertiary alicyclic amines) is 2. The lowest BCUT2D eigenvalue weighted by atomic mass is 9.92. The average Bonchev–Trinajstić information content (AvgIpc) is 2.62. The van der Waals surface area contributed by atoms with Gasteiger partial charge in [0.05, 0.1) is 13.2 Å². The van der Waals surface area contributed by atoms with E-state index in [1.165, 1.54) is 6.42 Å². The summed E-state index contributed by atoms with van der Waals surface area (Å²) in [5, 5.41) is 3.33. The predicted octanol–water partition coefficient (Wildman–Crippen LogP) is 0.862. The van der Waals surface area contributed by atoms with E-state index in [0.29, 0.717) is 37.9 Å². The van der Waals surface area contributed by atoms with Crippen LogP contribution in [-0.2, 0) is 14.3 Å². The molecular weight excluding hydrogens is 306 g/mol. The Morgan fingerprint density at radius 1 is 1.12 bits per heavy atom. The lowest BCUT2D eigenvalue weighted by Crippen LogP contribution is -2.49. The third-order valence-corrected chi connectivity index (χ3v) is 5.59. The zero-order chi connectivity index (χ0) is 16.9. The van der Waals surface area contributed by atoms with E-state index in [2.05, 4.69) is 17.1 Å². The summed E-state index contributed by atoms with van der Waals surface area (Å²) in [6.07, 6.45) is 4.48. The van der Waals surface area contributed by atoms with Crippen LogP contribution in [0.15, 0.2) is 0 Å². The van der Waals surface area contributed by atoms with E-state index in [-0.39, 0.29) is 17.9 Å². The van der Waals surface area contributed by atoms with Crippen molar-refractivity contribution in [2.75, 3.05) is 45.9 Å². The fourth-order valence-corrected chi connectivity index (χ4v) is 4.11. The van der Waals surface area contributed by atoms with Crippen LogP contribution in [0.3, 0.4) is 0 Å². The smallest absolute Gasteiger partial charge is 0.225 e. The van der Waals surface area contributed by atoms with E-state index in [4.69, 9.17) is 4.74 Å². The second-order valence-corrected chi connectivity index (χ2v) is 7.62. The van der Waals surface area contributed by atoms with Crippen LogP contribution in [0.5, 0.6) is 0 Å². The van der Waals surface area contributed by atoms with Crippen LogP contribution in [0.4, 0.5) is 0 Å². The number of nitrogens with one attached hydrogen (secondary N) is 1. The minimum atomic E-state index is 0.107. The Labute approximate surface area is 144 Å². The number of hydrogen-bond acceptors (Lipinski definition) is 4. The Kier molecular flexibility index (Phi) is 6.11. The fraction of sp³-hybridized carbons (Fsp3) is 0.889. The molecule has 3 heterocycles. The summed E-state index contributed by atoms with van der Waals surface area (Å²) in [5.41, 5.74) is 0. The molecule has 2 unspecified atom stereocenters. The lowest BCUT2D eigenvalue weighted by molar-refractivity contribution is -0.142. The van der Waals surface area contributed by atoms with Crippen molar-refractivity contribution in [3.05, 3.63) is 0 Å². The average molecular weight is 337 g/mol. The van der Waals surface area contributed by atoms with Gasteiger partial charge in [-0.1, -0.05) is 6.92 Å². The first-order valence-electron chi connectivity index (χ1n) is 9.51. The van der Waals surface area contributed by atoms with Crippen LogP contribution in [0, 0.1) is 11.8 Å². The molecular formula is C18H31N3O3. The summed E-state index contributed by atoms with van der Waals surface area (Å²) in [6, 6.07) is 0.139. The fourth-order valence-electron chi connectivity index (χ4n) is 4.11. The zero-order valence-electron chi connectivity index (χ0n) is 14.8. The second-order valence-electron chi connectivity index (χ2n) is 7.62. The van der Waals surface area contributed by atoms with Gasteiger partial charge in [0.25, 0.3) is 0 Å². The number of ether oxygens (including phenoxy) is 1. The maximum absolute atomic E-state index is 12.7. The Hall–Kier alpha value is -1.14. The first-order valence-corrected chi connectivity index (χ1v) is 9.51. The molecule has 0 bridgehead atoms. The molecule has 3 aliphatic rings. The van der Waals surface area contributed by atoms with Crippen LogP contribution >= 0.6 is 0 Å². The Balaban J connectivity index is 1.43. The molecule has 6 heteroatoms. The highest BCUT2D eigenvalue weighted by Crippen LogP contribution is 2.24. The number of hydrogen-bond donors (Lipinski definition) is 1. The SMILES string of the molecule is CC1CCCN(C(=O)C2CCN(C(=O)CC3COCCN3)CC2)C1. The number of carbonyl (C=O) groups is 2. The molecule has 136 valence electrons. The summed E-state index contributed by atoms with van der Waals surface area (Å²) < 4.78 is 5.41. The molecule has 0 spiro atoms. The number of nitrogens with zero attached hydrogens (tertiary/aromatic N) is 2. The van der Waals surface area contributed by atoms with Gasteiger partial charge in [0.1, 0.15) is 0 Å². The van der Waals surface area contributed by atoms with E-state index in [1.54, 1.807) is 0 Å². The van der Waals surface area contributed by atoms with Crippen molar-refractivity contribution in [3.8, 4) is 0 Å². The molecule has 2 amide bonds. The Morgan fingerprint density at radius 3 is 2.58 bits per heavy atom. The second kappa shape index (κ2) is 8.30. The van der Waals surface area contributed by atoms with Gasteiger partial charge in [0.2, 0.25) is 11.8 Å². The third kappa shape index (κ3) is 4.48. The topological polar surface area (TPSA) is 61.9 Å². The van der Waals surface area contributed by atoms with Crippen LogP contribution in [-0.4, -0.2) is 73.6 Å². The number of amides is 2. The molecule has 2 atom stereocenters. The number of rotatable bonds is 3. The summed E-state index contributed by atoms with van der Waals surface area (Å²) >= 11 is 0. The van der Waals surface area contributed by atoms with Gasteiger partial charge in [-0.15, -0.1) is 0 Å². The number of morpholine rings is 1. The monoisotopic (exact) mass is 337 g/mol. The first kappa shape index (κ1) is 17.7. The molecule has 0 radical (unpaired) electrons. The highest BCUT2D eigenvalue weighted by Gasteiger charge is 2.32. The molecule has 3 saturated heterocycles. The van der Waals surface area contributed by atoms with Gasteiger partial charge in [-0.3, -0.25) is 9.59 Å². The molecule has 0 saturated carbocycles. The van der Waals surface area contributed by atoms with E-state index >= 15 is 0 Å². The summed E-state index contributed by atoms with van der Waals surface area (Å²) in [6.45, 7) is 7.65. The van der Waals surface area contributed by atoms with Gasteiger partial charge in [-0.25, -0.2) is 0 Å². The van der Waals surface area contributed by atoms with Crippen molar-refractivity contribution in [2.45, 2.75) is 45.1 Å². The molecule has 24 heavy (non-hydrogen) atoms. The third-order valence-electron chi connectivity index (χ3n) is 5.59. The molecule has 0 aromatic heterocycles. The van der Waals surface area contributed by atoms with Crippen molar-refractivity contribution in [2.24, 2.45) is 11.8 Å². The van der Waals surface area contributed by atoms with E-state index < -0.39 is 0 Å². The largest absolute Gasteiger partial charge is 0.378 e. The summed E-state index contributed by atoms with van der Waals surface area (Å²) in [5.74, 6) is 1.23. The lowest BCUT2D eigenvalue weighted by Gasteiger charge is -2.37. The van der Waals surface area contributed by atoms with Gasteiger partial charge < -0.3 is 19.9 Å². The van der Waals surface area contributed by atoms with Crippen LogP contribution < -0.4 is 5.32 Å². The van der Waals surface area contributed by atoms with Crippen molar-refractivity contribution >= 4 is 11.8 Å². The van der Waals surface area contributed by atoms with Crippen molar-refractivity contribution in [3.63, 3.8) is 0 Å². The van der Waals surface area contributed by atoms with E-state index in [0.717, 1.165) is 45.5 Å². The summed E-state index contributed by atoms with van der Waals surface area (Å²) in [7, 11) is 0. The zero-order valence-corrected chi connectivity index (χ0v) is 14.8. The predicted molar refractivity (Wildman–Crippen MR) is 91.5 cm³/mol.